The number of hydrogen-bond donors (Lipinski definition) is 1. The Labute approximate surface area is 150 Å². The molecule has 0 aromatic heterocycles. The second kappa shape index (κ2) is 7.70. The molecule has 138 valence electrons. The summed E-state index contributed by atoms with van der Waals surface area (Å²) in [6.07, 6.45) is 0. The first-order valence-electron chi connectivity index (χ1n) is 8.28. The number of benzene rings is 2. The number of carbonyl (C=O) groups is 1. The number of nitrogens with zero attached hydrogens (tertiary/aromatic N) is 1. The molecule has 0 aliphatic carbocycles. The summed E-state index contributed by atoms with van der Waals surface area (Å²) >= 11 is 0. The van der Waals surface area contributed by atoms with E-state index < -0.39 is 23.6 Å². The van der Waals surface area contributed by atoms with Gasteiger partial charge in [0, 0.05) is 12.6 Å². The summed E-state index contributed by atoms with van der Waals surface area (Å²) in [6.45, 7) is 3.21. The normalized spacial score (nSPS) is 14.2. The largest absolute Gasteiger partial charge is 0.486 e. The molecule has 1 N–H and O–H groups in total. The van der Waals surface area contributed by atoms with Gasteiger partial charge in [0.2, 0.25) is 5.91 Å². The maximum atomic E-state index is 13.7. The van der Waals surface area contributed by atoms with Crippen molar-refractivity contribution in [2.45, 2.75) is 19.5 Å². The molecule has 2 aromatic carbocycles. The Bertz CT molecular complexity index is 813. The highest BCUT2D eigenvalue weighted by Gasteiger charge is 2.20. The van der Waals surface area contributed by atoms with E-state index in [0.717, 1.165) is 23.8 Å². The molecule has 26 heavy (non-hydrogen) atoms. The molecule has 1 aliphatic rings. The number of halogens is 2. The van der Waals surface area contributed by atoms with Crippen LogP contribution in [0.5, 0.6) is 11.5 Å². The third kappa shape index (κ3) is 4.11. The van der Waals surface area contributed by atoms with E-state index >= 15 is 0 Å². The lowest BCUT2D eigenvalue weighted by molar-refractivity contribution is -0.120. The third-order valence-corrected chi connectivity index (χ3v) is 4.27. The van der Waals surface area contributed by atoms with E-state index in [-0.39, 0.29) is 5.69 Å². The fraction of sp³-hybridized carbons (Fsp3) is 0.316. The zero-order chi connectivity index (χ0) is 18.7. The van der Waals surface area contributed by atoms with Crippen molar-refractivity contribution < 1.29 is 23.0 Å². The number of likely N-dealkylation sites (N-methyl/N-ethyl adjacent to an activating group) is 1. The van der Waals surface area contributed by atoms with Crippen LogP contribution in [0, 0.1) is 11.6 Å². The number of nitrogens with one attached hydrogen (secondary N) is 1. The van der Waals surface area contributed by atoms with Crippen LogP contribution in [0.2, 0.25) is 0 Å². The molecule has 0 saturated carbocycles. The van der Waals surface area contributed by atoms with Gasteiger partial charge in [0.15, 0.2) is 11.5 Å². The number of hydrogen-bond acceptors (Lipinski definition) is 4. The molecule has 1 aliphatic heterocycles. The minimum Gasteiger partial charge on any atom is -0.486 e. The van der Waals surface area contributed by atoms with Gasteiger partial charge in [-0.1, -0.05) is 6.07 Å². The third-order valence-electron chi connectivity index (χ3n) is 4.27. The van der Waals surface area contributed by atoms with Gasteiger partial charge in [-0.05, 0) is 43.8 Å². The number of amides is 1. The van der Waals surface area contributed by atoms with Gasteiger partial charge in [-0.15, -0.1) is 0 Å². The second-order valence-electron chi connectivity index (χ2n) is 6.18. The second-order valence-corrected chi connectivity index (χ2v) is 6.18. The molecule has 1 unspecified atom stereocenters. The summed E-state index contributed by atoms with van der Waals surface area (Å²) in [6, 6.07) is 8.01. The molecule has 5 nitrogen and oxygen atoms in total. The minimum absolute atomic E-state index is 0.172. The molecule has 7 heteroatoms. The van der Waals surface area contributed by atoms with Crippen LogP contribution in [0.4, 0.5) is 14.5 Å². The van der Waals surface area contributed by atoms with Crippen molar-refractivity contribution in [1.82, 2.24) is 4.90 Å². The Hall–Kier alpha value is -2.67. The van der Waals surface area contributed by atoms with E-state index in [4.69, 9.17) is 9.47 Å². The molecule has 0 radical (unpaired) electrons. The molecule has 0 saturated heterocycles. The lowest BCUT2D eigenvalue weighted by Crippen LogP contribution is -2.39. The summed E-state index contributed by atoms with van der Waals surface area (Å²) in [4.78, 5) is 14.2. The number of anilines is 1. The van der Waals surface area contributed by atoms with Crippen molar-refractivity contribution in [3.8, 4) is 11.5 Å². The van der Waals surface area contributed by atoms with E-state index in [1.807, 2.05) is 18.2 Å². The molecule has 3 rings (SSSR count). The molecule has 0 spiro atoms. The maximum Gasteiger partial charge on any atom is 0.241 e. The van der Waals surface area contributed by atoms with Crippen LogP contribution in [0.3, 0.4) is 0 Å². The highest BCUT2D eigenvalue weighted by Crippen LogP contribution is 2.31. The minimum atomic E-state index is -0.679. The van der Waals surface area contributed by atoms with Crippen LogP contribution in [0.15, 0.2) is 36.4 Å². The number of fused-ring (bicyclic) bond motifs is 1. The first kappa shape index (κ1) is 18.1. The van der Waals surface area contributed by atoms with Crippen LogP contribution >= 0.6 is 0 Å². The molecule has 1 heterocycles. The van der Waals surface area contributed by atoms with E-state index in [1.54, 1.807) is 18.9 Å². The fourth-order valence-electron chi connectivity index (χ4n) is 2.64. The zero-order valence-corrected chi connectivity index (χ0v) is 14.6. The highest BCUT2D eigenvalue weighted by atomic mass is 19.1. The Morgan fingerprint density at radius 1 is 1.15 bits per heavy atom. The predicted molar refractivity (Wildman–Crippen MR) is 93.3 cm³/mol. The Morgan fingerprint density at radius 3 is 2.65 bits per heavy atom. The number of carbonyl (C=O) groups excluding carboxylic acids is 1. The van der Waals surface area contributed by atoms with Crippen LogP contribution in [-0.4, -0.2) is 37.1 Å². The maximum absolute atomic E-state index is 13.7. The van der Waals surface area contributed by atoms with Gasteiger partial charge < -0.3 is 14.8 Å². The van der Waals surface area contributed by atoms with Crippen molar-refractivity contribution >= 4 is 11.6 Å². The Balaban J connectivity index is 1.64. The lowest BCUT2D eigenvalue weighted by atomic mass is 10.1. The predicted octanol–water partition coefficient (Wildman–Crippen LogP) is 3.20. The molecular formula is C19H20F2N2O3. The summed E-state index contributed by atoms with van der Waals surface area (Å²) in [5, 5.41) is 2.43. The first-order chi connectivity index (χ1) is 12.4. The van der Waals surface area contributed by atoms with Gasteiger partial charge in [-0.2, -0.15) is 0 Å². The molecule has 1 amide bonds. The molecular weight excluding hydrogens is 342 g/mol. The highest BCUT2D eigenvalue weighted by molar-refractivity contribution is 5.94. The van der Waals surface area contributed by atoms with Crippen molar-refractivity contribution in [2.75, 3.05) is 25.6 Å². The van der Waals surface area contributed by atoms with E-state index in [9.17, 15) is 13.6 Å². The first-order valence-corrected chi connectivity index (χ1v) is 8.28. The van der Waals surface area contributed by atoms with Crippen molar-refractivity contribution in [3.63, 3.8) is 0 Å². The number of rotatable bonds is 5. The lowest BCUT2D eigenvalue weighted by Gasteiger charge is -2.25. The standard InChI is InChI=1S/C19H20F2N2O3/c1-12(19(24)22-16-10-14(20)4-5-15(16)21)23(2)11-13-3-6-17-18(9-13)26-8-7-25-17/h3-6,9-10,12H,7-8,11H2,1-2H3,(H,22,24). The van der Waals surface area contributed by atoms with Crippen LogP contribution in [-0.2, 0) is 11.3 Å². The van der Waals surface area contributed by atoms with E-state index in [2.05, 4.69) is 5.32 Å². The topological polar surface area (TPSA) is 50.8 Å². The quantitative estimate of drug-likeness (QED) is 0.888. The average Bonchev–Trinajstić information content (AvgIpc) is 2.64. The van der Waals surface area contributed by atoms with Gasteiger partial charge in [-0.25, -0.2) is 8.78 Å². The Kier molecular flexibility index (Phi) is 5.37. The molecule has 0 fully saturated rings. The molecule has 2 aromatic rings. The van der Waals surface area contributed by atoms with Gasteiger partial charge in [0.25, 0.3) is 0 Å². The van der Waals surface area contributed by atoms with Crippen LogP contribution in [0.25, 0.3) is 0 Å². The monoisotopic (exact) mass is 362 g/mol. The fourth-order valence-corrected chi connectivity index (χ4v) is 2.64. The van der Waals surface area contributed by atoms with Gasteiger partial charge in [0.05, 0.1) is 11.7 Å². The zero-order valence-electron chi connectivity index (χ0n) is 14.6. The van der Waals surface area contributed by atoms with Gasteiger partial charge in [-0.3, -0.25) is 9.69 Å². The summed E-state index contributed by atoms with van der Waals surface area (Å²) in [5.74, 6) is -0.328. The van der Waals surface area contributed by atoms with Crippen molar-refractivity contribution in [2.24, 2.45) is 0 Å². The van der Waals surface area contributed by atoms with E-state index in [1.165, 1.54) is 0 Å². The van der Waals surface area contributed by atoms with E-state index in [0.29, 0.717) is 31.3 Å². The van der Waals surface area contributed by atoms with Gasteiger partial charge in [0.1, 0.15) is 24.8 Å². The van der Waals surface area contributed by atoms with Gasteiger partial charge >= 0.3 is 0 Å². The van der Waals surface area contributed by atoms with Crippen LogP contribution in [0.1, 0.15) is 12.5 Å². The smallest absolute Gasteiger partial charge is 0.241 e. The number of ether oxygens (including phenoxy) is 2. The Morgan fingerprint density at radius 2 is 1.88 bits per heavy atom. The summed E-state index contributed by atoms with van der Waals surface area (Å²) in [5.41, 5.74) is 0.780. The van der Waals surface area contributed by atoms with Crippen molar-refractivity contribution in [3.05, 3.63) is 53.6 Å². The summed E-state index contributed by atoms with van der Waals surface area (Å²) < 4.78 is 38.0. The van der Waals surface area contributed by atoms with Crippen molar-refractivity contribution in [1.29, 1.82) is 0 Å². The van der Waals surface area contributed by atoms with Crippen LogP contribution < -0.4 is 14.8 Å². The average molecular weight is 362 g/mol. The molecule has 1 atom stereocenters. The SMILES string of the molecule is CC(C(=O)Nc1cc(F)ccc1F)N(C)Cc1ccc2c(c1)OCCO2. The molecule has 0 bridgehead atoms. The summed E-state index contributed by atoms with van der Waals surface area (Å²) in [7, 11) is 1.78.